The molecule has 0 aromatic carbocycles. The summed E-state index contributed by atoms with van der Waals surface area (Å²) in [7, 11) is 2.22. The van der Waals surface area contributed by atoms with E-state index in [1.54, 1.807) is 0 Å². The molecule has 2 rings (SSSR count). The third kappa shape index (κ3) is 2.21. The molecule has 2 unspecified atom stereocenters. The van der Waals surface area contributed by atoms with Gasteiger partial charge in [-0.2, -0.15) is 0 Å². The fraction of sp³-hybridized carbons (Fsp3) is 1.00. The number of aliphatic hydroxyl groups is 1. The van der Waals surface area contributed by atoms with Gasteiger partial charge in [0.2, 0.25) is 0 Å². The van der Waals surface area contributed by atoms with E-state index in [9.17, 15) is 5.11 Å². The van der Waals surface area contributed by atoms with Crippen LogP contribution in [-0.2, 0) is 0 Å². The molecule has 0 aromatic heterocycles. The minimum Gasteiger partial charge on any atom is -0.392 e. The van der Waals surface area contributed by atoms with Crippen LogP contribution in [0.1, 0.15) is 46.0 Å². The smallest absolute Gasteiger partial charge is 0.0631 e. The van der Waals surface area contributed by atoms with Crippen molar-refractivity contribution in [3.05, 3.63) is 0 Å². The van der Waals surface area contributed by atoms with Crippen LogP contribution in [0.5, 0.6) is 0 Å². The standard InChI is InChI=1S/C13H25NO/c1-13(2)8-7-10(12(13)15)9-14(3)11-5-4-6-11/h10-12,15H,4-9H2,1-3H3. The van der Waals surface area contributed by atoms with E-state index in [2.05, 4.69) is 25.8 Å². The summed E-state index contributed by atoms with van der Waals surface area (Å²) in [5.41, 5.74) is 0.144. The number of nitrogens with zero attached hydrogens (tertiary/aromatic N) is 1. The fourth-order valence-electron chi connectivity index (χ4n) is 3.04. The Labute approximate surface area is 93.7 Å². The van der Waals surface area contributed by atoms with Crippen LogP contribution in [0, 0.1) is 11.3 Å². The van der Waals surface area contributed by atoms with Crippen LogP contribution in [-0.4, -0.2) is 35.7 Å². The van der Waals surface area contributed by atoms with Gasteiger partial charge >= 0.3 is 0 Å². The largest absolute Gasteiger partial charge is 0.392 e. The molecule has 2 atom stereocenters. The number of aliphatic hydroxyl groups excluding tert-OH is 1. The van der Waals surface area contributed by atoms with Crippen LogP contribution in [0.4, 0.5) is 0 Å². The van der Waals surface area contributed by atoms with Gasteiger partial charge in [0.05, 0.1) is 6.10 Å². The van der Waals surface area contributed by atoms with Crippen molar-refractivity contribution in [3.63, 3.8) is 0 Å². The van der Waals surface area contributed by atoms with Crippen molar-refractivity contribution in [3.8, 4) is 0 Å². The van der Waals surface area contributed by atoms with Gasteiger partial charge in [0.25, 0.3) is 0 Å². The van der Waals surface area contributed by atoms with Crippen LogP contribution >= 0.6 is 0 Å². The molecule has 0 heterocycles. The molecular formula is C13H25NO. The van der Waals surface area contributed by atoms with E-state index < -0.39 is 0 Å². The molecule has 15 heavy (non-hydrogen) atoms. The average molecular weight is 211 g/mol. The van der Waals surface area contributed by atoms with E-state index in [0.29, 0.717) is 5.92 Å². The second-order valence-electron chi connectivity index (χ2n) is 6.26. The molecule has 0 radical (unpaired) electrons. The van der Waals surface area contributed by atoms with Gasteiger partial charge in [-0.1, -0.05) is 20.3 Å². The zero-order valence-corrected chi connectivity index (χ0v) is 10.4. The van der Waals surface area contributed by atoms with Gasteiger partial charge in [0.15, 0.2) is 0 Å². The number of rotatable bonds is 3. The molecule has 0 aliphatic heterocycles. The van der Waals surface area contributed by atoms with E-state index in [1.807, 2.05) is 0 Å². The zero-order valence-electron chi connectivity index (χ0n) is 10.4. The highest BCUT2D eigenvalue weighted by molar-refractivity contribution is 4.93. The molecule has 88 valence electrons. The van der Waals surface area contributed by atoms with Gasteiger partial charge in [-0.05, 0) is 44.1 Å². The second-order valence-corrected chi connectivity index (χ2v) is 6.26. The van der Waals surface area contributed by atoms with E-state index in [0.717, 1.165) is 12.6 Å². The summed E-state index contributed by atoms with van der Waals surface area (Å²) < 4.78 is 0. The molecule has 2 nitrogen and oxygen atoms in total. The normalized spacial score (nSPS) is 35.8. The van der Waals surface area contributed by atoms with Gasteiger partial charge in [0, 0.05) is 12.6 Å². The maximum absolute atomic E-state index is 10.2. The lowest BCUT2D eigenvalue weighted by molar-refractivity contribution is 0.0247. The SMILES string of the molecule is CN(CC1CCC(C)(C)C1O)C1CCC1. The second kappa shape index (κ2) is 4.06. The Balaban J connectivity index is 1.84. The first-order valence-corrected chi connectivity index (χ1v) is 6.39. The highest BCUT2D eigenvalue weighted by Gasteiger charge is 2.41. The van der Waals surface area contributed by atoms with Crippen molar-refractivity contribution >= 4 is 0 Å². The first kappa shape index (κ1) is 11.4. The summed E-state index contributed by atoms with van der Waals surface area (Å²) in [6.07, 6.45) is 6.40. The van der Waals surface area contributed by atoms with Gasteiger partial charge in [-0.3, -0.25) is 0 Å². The summed E-state index contributed by atoms with van der Waals surface area (Å²) in [6, 6.07) is 0.806. The minimum absolute atomic E-state index is 0.0972. The molecule has 0 bridgehead atoms. The predicted octanol–water partition coefficient (Wildman–Crippen LogP) is 2.27. The fourth-order valence-corrected chi connectivity index (χ4v) is 3.04. The molecular weight excluding hydrogens is 186 g/mol. The van der Waals surface area contributed by atoms with E-state index in [-0.39, 0.29) is 11.5 Å². The molecule has 0 spiro atoms. The first-order valence-electron chi connectivity index (χ1n) is 6.39. The molecule has 2 heteroatoms. The molecule has 2 fully saturated rings. The van der Waals surface area contributed by atoms with Crippen molar-refractivity contribution < 1.29 is 5.11 Å². The van der Waals surface area contributed by atoms with Crippen LogP contribution in [0.3, 0.4) is 0 Å². The Kier molecular flexibility index (Phi) is 3.09. The van der Waals surface area contributed by atoms with Gasteiger partial charge in [-0.15, -0.1) is 0 Å². The highest BCUT2D eigenvalue weighted by atomic mass is 16.3. The molecule has 2 saturated carbocycles. The van der Waals surface area contributed by atoms with Crippen LogP contribution < -0.4 is 0 Å². The zero-order chi connectivity index (χ0) is 11.1. The summed E-state index contributed by atoms with van der Waals surface area (Å²) in [5, 5.41) is 10.2. The summed E-state index contributed by atoms with van der Waals surface area (Å²) >= 11 is 0. The van der Waals surface area contributed by atoms with Crippen molar-refractivity contribution in [2.45, 2.75) is 58.1 Å². The van der Waals surface area contributed by atoms with E-state index in [1.165, 1.54) is 32.1 Å². The van der Waals surface area contributed by atoms with Gasteiger partial charge in [0.1, 0.15) is 0 Å². The van der Waals surface area contributed by atoms with E-state index in [4.69, 9.17) is 0 Å². The summed E-state index contributed by atoms with van der Waals surface area (Å²) in [4.78, 5) is 2.47. The number of hydrogen-bond donors (Lipinski definition) is 1. The Morgan fingerprint density at radius 1 is 1.27 bits per heavy atom. The number of hydrogen-bond acceptors (Lipinski definition) is 2. The maximum atomic E-state index is 10.2. The molecule has 1 N–H and O–H groups in total. The predicted molar refractivity (Wildman–Crippen MR) is 62.8 cm³/mol. The van der Waals surface area contributed by atoms with Crippen molar-refractivity contribution in [1.29, 1.82) is 0 Å². The lowest BCUT2D eigenvalue weighted by Gasteiger charge is -2.37. The molecule has 2 aliphatic carbocycles. The first-order chi connectivity index (χ1) is 7.00. The Hall–Kier alpha value is -0.0800. The topological polar surface area (TPSA) is 23.5 Å². The molecule has 2 aliphatic rings. The van der Waals surface area contributed by atoms with Crippen molar-refractivity contribution in [2.75, 3.05) is 13.6 Å². The van der Waals surface area contributed by atoms with Crippen LogP contribution in [0.15, 0.2) is 0 Å². The molecule has 0 saturated heterocycles. The third-order valence-electron chi connectivity index (χ3n) is 4.63. The van der Waals surface area contributed by atoms with E-state index >= 15 is 0 Å². The lowest BCUT2D eigenvalue weighted by atomic mass is 9.86. The monoisotopic (exact) mass is 211 g/mol. The van der Waals surface area contributed by atoms with Gasteiger partial charge < -0.3 is 10.0 Å². The maximum Gasteiger partial charge on any atom is 0.0631 e. The Morgan fingerprint density at radius 3 is 2.33 bits per heavy atom. The van der Waals surface area contributed by atoms with Crippen molar-refractivity contribution in [2.24, 2.45) is 11.3 Å². The summed E-state index contributed by atoms with van der Waals surface area (Å²) in [6.45, 7) is 5.48. The van der Waals surface area contributed by atoms with Crippen LogP contribution in [0.2, 0.25) is 0 Å². The van der Waals surface area contributed by atoms with Gasteiger partial charge in [-0.25, -0.2) is 0 Å². The van der Waals surface area contributed by atoms with Crippen LogP contribution in [0.25, 0.3) is 0 Å². The third-order valence-corrected chi connectivity index (χ3v) is 4.63. The molecule has 0 aromatic rings. The highest BCUT2D eigenvalue weighted by Crippen LogP contribution is 2.42. The Morgan fingerprint density at radius 2 is 1.93 bits per heavy atom. The quantitative estimate of drug-likeness (QED) is 0.774. The Bertz CT molecular complexity index is 223. The lowest BCUT2D eigenvalue weighted by Crippen LogP contribution is -2.42. The average Bonchev–Trinajstić information content (AvgIpc) is 2.29. The minimum atomic E-state index is -0.0972. The summed E-state index contributed by atoms with van der Waals surface area (Å²) in [5.74, 6) is 0.505. The molecule has 0 amide bonds. The van der Waals surface area contributed by atoms with Crippen molar-refractivity contribution in [1.82, 2.24) is 4.90 Å².